The molecular formula is C27H24ClNO5. The fourth-order valence-electron chi connectivity index (χ4n) is 4.36. The monoisotopic (exact) mass is 477 g/mol. The fourth-order valence-corrected chi connectivity index (χ4v) is 4.71. The molecule has 34 heavy (non-hydrogen) atoms. The van der Waals surface area contributed by atoms with Crippen molar-refractivity contribution in [3.05, 3.63) is 93.5 Å². The van der Waals surface area contributed by atoms with Crippen molar-refractivity contribution in [2.24, 2.45) is 0 Å². The minimum atomic E-state index is -0.929. The number of anilines is 1. The third kappa shape index (κ3) is 3.80. The third-order valence-electron chi connectivity index (χ3n) is 5.90. The summed E-state index contributed by atoms with van der Waals surface area (Å²) in [5.41, 5.74) is 2.85. The van der Waals surface area contributed by atoms with Crippen molar-refractivity contribution in [2.45, 2.75) is 19.9 Å². The molecule has 0 radical (unpaired) electrons. The zero-order chi connectivity index (χ0) is 24.6. The van der Waals surface area contributed by atoms with Gasteiger partial charge in [0.05, 0.1) is 36.4 Å². The SMILES string of the molecule is COc1ccccc1C1/C(=C(\O)c2cc(C)cc(Cl)c2OC)C(=O)C(=O)N1c1ccccc1C. The first-order valence-corrected chi connectivity index (χ1v) is 11.0. The Balaban J connectivity index is 2.07. The van der Waals surface area contributed by atoms with Gasteiger partial charge >= 0.3 is 0 Å². The lowest BCUT2D eigenvalue weighted by atomic mass is 9.93. The van der Waals surface area contributed by atoms with E-state index < -0.39 is 17.7 Å². The molecule has 0 aromatic heterocycles. The average molecular weight is 478 g/mol. The average Bonchev–Trinajstić information content (AvgIpc) is 3.08. The van der Waals surface area contributed by atoms with E-state index in [1.165, 1.54) is 19.1 Å². The van der Waals surface area contributed by atoms with Crippen molar-refractivity contribution in [1.29, 1.82) is 0 Å². The molecule has 174 valence electrons. The number of aryl methyl sites for hydroxylation is 2. The van der Waals surface area contributed by atoms with Crippen LogP contribution in [0.2, 0.25) is 5.02 Å². The molecule has 1 heterocycles. The van der Waals surface area contributed by atoms with Crippen LogP contribution in [0.15, 0.2) is 66.2 Å². The Kier molecular flexibility index (Phi) is 6.35. The van der Waals surface area contributed by atoms with Crippen LogP contribution < -0.4 is 14.4 Å². The van der Waals surface area contributed by atoms with E-state index in [9.17, 15) is 14.7 Å². The predicted octanol–water partition coefficient (Wildman–Crippen LogP) is 5.60. The number of aliphatic hydroxyl groups excluding tert-OH is 1. The number of hydrogen-bond donors (Lipinski definition) is 1. The summed E-state index contributed by atoms with van der Waals surface area (Å²) in [6, 6.07) is 16.8. The Morgan fingerprint density at radius 2 is 1.65 bits per heavy atom. The largest absolute Gasteiger partial charge is 0.507 e. The van der Waals surface area contributed by atoms with Gasteiger partial charge in [0.15, 0.2) is 0 Å². The van der Waals surface area contributed by atoms with Crippen LogP contribution >= 0.6 is 11.6 Å². The molecule has 3 aromatic rings. The van der Waals surface area contributed by atoms with Crippen molar-refractivity contribution < 1.29 is 24.2 Å². The number of carbonyl (C=O) groups excluding carboxylic acids is 2. The third-order valence-corrected chi connectivity index (χ3v) is 6.18. The highest BCUT2D eigenvalue weighted by atomic mass is 35.5. The number of benzene rings is 3. The molecule has 6 nitrogen and oxygen atoms in total. The number of para-hydroxylation sites is 2. The maximum absolute atomic E-state index is 13.4. The summed E-state index contributed by atoms with van der Waals surface area (Å²) in [5.74, 6) is -1.23. The highest BCUT2D eigenvalue weighted by molar-refractivity contribution is 6.52. The van der Waals surface area contributed by atoms with Crippen LogP contribution in [-0.2, 0) is 9.59 Å². The quantitative estimate of drug-likeness (QED) is 0.294. The summed E-state index contributed by atoms with van der Waals surface area (Å²) in [6.45, 7) is 3.67. The van der Waals surface area contributed by atoms with Gasteiger partial charge in [0, 0.05) is 11.3 Å². The number of hydrogen-bond acceptors (Lipinski definition) is 5. The number of nitrogens with zero attached hydrogens (tertiary/aromatic N) is 1. The van der Waals surface area contributed by atoms with Gasteiger partial charge in [-0.15, -0.1) is 0 Å². The van der Waals surface area contributed by atoms with Gasteiger partial charge < -0.3 is 14.6 Å². The molecule has 0 saturated carbocycles. The van der Waals surface area contributed by atoms with Crippen molar-refractivity contribution in [3.63, 3.8) is 0 Å². The Bertz CT molecular complexity index is 1330. The molecular weight excluding hydrogens is 454 g/mol. The standard InChI is InChI=1S/C27H24ClNO5/c1-15-13-18(26(34-4)19(28)14-15)24(30)22-23(17-10-6-8-12-21(17)33-3)29(27(32)25(22)31)20-11-7-5-9-16(20)2/h5-14,23,30H,1-4H3/b24-22+. The zero-order valence-electron chi connectivity index (χ0n) is 19.3. The fraction of sp³-hybridized carbons (Fsp3) is 0.185. The molecule has 1 unspecified atom stereocenters. The Morgan fingerprint density at radius 3 is 2.32 bits per heavy atom. The van der Waals surface area contributed by atoms with Gasteiger partial charge in [0.1, 0.15) is 17.3 Å². The number of methoxy groups -OCH3 is 2. The van der Waals surface area contributed by atoms with E-state index in [1.807, 2.05) is 26.0 Å². The number of ether oxygens (including phenoxy) is 2. The minimum absolute atomic E-state index is 0.0716. The summed E-state index contributed by atoms with van der Waals surface area (Å²) in [5, 5.41) is 11.8. The molecule has 1 aliphatic heterocycles. The number of ketones is 1. The van der Waals surface area contributed by atoms with E-state index in [0.29, 0.717) is 17.0 Å². The van der Waals surface area contributed by atoms with E-state index in [4.69, 9.17) is 21.1 Å². The minimum Gasteiger partial charge on any atom is -0.507 e. The smallest absolute Gasteiger partial charge is 0.300 e. The number of halogens is 1. The van der Waals surface area contributed by atoms with Crippen LogP contribution in [0.3, 0.4) is 0 Å². The van der Waals surface area contributed by atoms with Crippen LogP contribution in [-0.4, -0.2) is 31.0 Å². The Labute approximate surface area is 203 Å². The second-order valence-corrected chi connectivity index (χ2v) is 8.43. The van der Waals surface area contributed by atoms with Crippen LogP contribution in [0.1, 0.15) is 28.3 Å². The first kappa shape index (κ1) is 23.4. The van der Waals surface area contributed by atoms with Crippen molar-refractivity contribution in [3.8, 4) is 11.5 Å². The van der Waals surface area contributed by atoms with Crippen molar-refractivity contribution in [2.75, 3.05) is 19.1 Å². The summed E-state index contributed by atoms with van der Waals surface area (Å²) < 4.78 is 11.0. The second kappa shape index (κ2) is 9.23. The topological polar surface area (TPSA) is 76.1 Å². The molecule has 3 aromatic carbocycles. The lowest BCUT2D eigenvalue weighted by Gasteiger charge is -2.28. The van der Waals surface area contributed by atoms with Crippen molar-refractivity contribution in [1.82, 2.24) is 0 Å². The number of amides is 1. The molecule has 7 heteroatoms. The van der Waals surface area contributed by atoms with Gasteiger partial charge in [0.2, 0.25) is 0 Å². The molecule has 1 saturated heterocycles. The molecule has 1 aliphatic rings. The first-order chi connectivity index (χ1) is 16.3. The van der Waals surface area contributed by atoms with Gasteiger partial charge in [-0.25, -0.2) is 0 Å². The lowest BCUT2D eigenvalue weighted by Crippen LogP contribution is -2.30. The van der Waals surface area contributed by atoms with Crippen molar-refractivity contribution >= 4 is 34.7 Å². The molecule has 1 N–H and O–H groups in total. The van der Waals surface area contributed by atoms with E-state index in [2.05, 4.69) is 0 Å². The highest BCUT2D eigenvalue weighted by Gasteiger charge is 2.48. The van der Waals surface area contributed by atoms with Crippen LogP contribution in [0, 0.1) is 13.8 Å². The summed E-state index contributed by atoms with van der Waals surface area (Å²) >= 11 is 6.36. The maximum Gasteiger partial charge on any atom is 0.300 e. The van der Waals surface area contributed by atoms with Gasteiger partial charge in [-0.3, -0.25) is 14.5 Å². The van der Waals surface area contributed by atoms with Crippen LogP contribution in [0.4, 0.5) is 5.69 Å². The first-order valence-electron chi connectivity index (χ1n) is 10.6. The molecule has 4 rings (SSSR count). The van der Waals surface area contributed by atoms with Crippen LogP contribution in [0.25, 0.3) is 5.76 Å². The maximum atomic E-state index is 13.4. The summed E-state index contributed by atoms with van der Waals surface area (Å²) in [6.07, 6.45) is 0. The van der Waals surface area contributed by atoms with Gasteiger partial charge in [-0.05, 0) is 49.2 Å². The van der Waals surface area contributed by atoms with E-state index in [0.717, 1.165) is 11.1 Å². The number of aliphatic hydroxyl groups is 1. The molecule has 0 bridgehead atoms. The van der Waals surface area contributed by atoms with Gasteiger partial charge in [-0.2, -0.15) is 0 Å². The number of rotatable bonds is 5. The van der Waals surface area contributed by atoms with Crippen LogP contribution in [0.5, 0.6) is 11.5 Å². The highest BCUT2D eigenvalue weighted by Crippen LogP contribution is 2.47. The van der Waals surface area contributed by atoms with Gasteiger partial charge in [-0.1, -0.05) is 48.0 Å². The number of carbonyl (C=O) groups is 2. The summed E-state index contributed by atoms with van der Waals surface area (Å²) in [4.78, 5) is 28.3. The normalized spacial score (nSPS) is 17.2. The molecule has 0 aliphatic carbocycles. The van der Waals surface area contributed by atoms with E-state index in [1.54, 1.807) is 48.5 Å². The molecule has 1 atom stereocenters. The molecule has 1 amide bonds. The van der Waals surface area contributed by atoms with E-state index >= 15 is 0 Å². The zero-order valence-corrected chi connectivity index (χ0v) is 20.0. The lowest BCUT2D eigenvalue weighted by molar-refractivity contribution is -0.132. The predicted molar refractivity (Wildman–Crippen MR) is 132 cm³/mol. The Hall–Kier alpha value is -3.77. The summed E-state index contributed by atoms with van der Waals surface area (Å²) in [7, 11) is 2.94. The number of Topliss-reactive ketones (excluding diaryl/α,β-unsaturated/α-hetero) is 1. The molecule has 1 fully saturated rings. The van der Waals surface area contributed by atoms with E-state index in [-0.39, 0.29) is 27.7 Å². The van der Waals surface area contributed by atoms with Gasteiger partial charge in [0.25, 0.3) is 11.7 Å². The molecule has 0 spiro atoms. The Morgan fingerprint density at radius 1 is 0.971 bits per heavy atom. The second-order valence-electron chi connectivity index (χ2n) is 8.03.